The van der Waals surface area contributed by atoms with Crippen LogP contribution in [0.15, 0.2) is 97.1 Å². The highest BCUT2D eigenvalue weighted by Crippen LogP contribution is 2.45. The van der Waals surface area contributed by atoms with Crippen molar-refractivity contribution in [2.45, 2.75) is 11.8 Å². The van der Waals surface area contributed by atoms with E-state index in [2.05, 4.69) is 53.8 Å². The van der Waals surface area contributed by atoms with Gasteiger partial charge in [0.2, 0.25) is 0 Å². The molecule has 0 aromatic heterocycles. The number of benzene rings is 4. The van der Waals surface area contributed by atoms with Crippen molar-refractivity contribution in [3.8, 4) is 22.3 Å². The maximum atomic E-state index is 13.0. The Labute approximate surface area is 239 Å². The van der Waals surface area contributed by atoms with Crippen LogP contribution >= 0.6 is 0 Å². The molecular formula is C34H32N2O5. The van der Waals surface area contributed by atoms with Crippen LogP contribution in [-0.4, -0.2) is 61.6 Å². The molecule has 0 atom stereocenters. The minimum absolute atomic E-state index is 0.0279. The Morgan fingerprint density at radius 2 is 1.05 bits per heavy atom. The Hall–Kier alpha value is -4.62. The van der Waals surface area contributed by atoms with Gasteiger partial charge in [0.1, 0.15) is 13.2 Å². The van der Waals surface area contributed by atoms with Gasteiger partial charge in [-0.2, -0.15) is 0 Å². The summed E-state index contributed by atoms with van der Waals surface area (Å²) < 4.78 is 11.3. The molecule has 0 heterocycles. The third-order valence-electron chi connectivity index (χ3n) is 7.96. The highest BCUT2D eigenvalue weighted by Gasteiger charge is 2.30. The molecule has 0 bridgehead atoms. The van der Waals surface area contributed by atoms with Gasteiger partial charge in [-0.3, -0.25) is 0 Å². The van der Waals surface area contributed by atoms with Crippen molar-refractivity contribution >= 4 is 12.2 Å². The van der Waals surface area contributed by atoms with E-state index in [-0.39, 0.29) is 51.3 Å². The van der Waals surface area contributed by atoms with Crippen molar-refractivity contribution in [1.29, 1.82) is 0 Å². The number of hydrogen-bond acceptors (Lipinski definition) is 5. The van der Waals surface area contributed by atoms with Gasteiger partial charge in [0.05, 0.1) is 6.61 Å². The number of alkyl carbamates (subject to hydrolysis) is 1. The summed E-state index contributed by atoms with van der Waals surface area (Å²) in [5.41, 5.74) is 9.20. The van der Waals surface area contributed by atoms with E-state index in [4.69, 9.17) is 9.47 Å². The van der Waals surface area contributed by atoms with E-state index >= 15 is 0 Å². The van der Waals surface area contributed by atoms with E-state index in [9.17, 15) is 14.7 Å². The van der Waals surface area contributed by atoms with Gasteiger partial charge in [0, 0.05) is 31.5 Å². The summed E-state index contributed by atoms with van der Waals surface area (Å²) in [5.74, 6) is -0.0823. The van der Waals surface area contributed by atoms with Crippen LogP contribution in [0.4, 0.5) is 9.59 Å². The maximum Gasteiger partial charge on any atom is 0.409 e. The van der Waals surface area contributed by atoms with Gasteiger partial charge in [0.25, 0.3) is 0 Å². The van der Waals surface area contributed by atoms with Crippen LogP contribution in [0.25, 0.3) is 22.3 Å². The number of amides is 2. The van der Waals surface area contributed by atoms with E-state index in [0.717, 1.165) is 33.4 Å². The molecule has 0 radical (unpaired) electrons. The number of fused-ring (bicyclic) bond motifs is 6. The standard InChI is InChI=1S/C34H32N2O5/c37-20-19-36(34(39)41-22-32-29-15-7-3-11-25(29)26-12-4-8-16-30(26)32)18-17-35-33(38)40-21-31-27-13-5-1-9-23(27)24-10-2-6-14-28(24)31/h1-16,31-32,37H,17-22H2,(H,35,38). The molecule has 41 heavy (non-hydrogen) atoms. The molecular weight excluding hydrogens is 516 g/mol. The van der Waals surface area contributed by atoms with Gasteiger partial charge in [-0.15, -0.1) is 0 Å². The number of nitrogens with zero attached hydrogens (tertiary/aromatic N) is 1. The third-order valence-corrected chi connectivity index (χ3v) is 7.96. The SMILES string of the molecule is O=C(NCCN(CCO)C(=O)OCC1c2ccccc2-c2ccccc21)OCC1c2ccccc2-c2ccccc21. The van der Waals surface area contributed by atoms with Crippen LogP contribution in [-0.2, 0) is 9.47 Å². The summed E-state index contributed by atoms with van der Waals surface area (Å²) >= 11 is 0. The highest BCUT2D eigenvalue weighted by molar-refractivity contribution is 5.80. The molecule has 2 aliphatic rings. The number of ether oxygens (including phenoxy) is 2. The quantitative estimate of drug-likeness (QED) is 0.277. The van der Waals surface area contributed by atoms with E-state index < -0.39 is 12.2 Å². The molecule has 0 saturated carbocycles. The van der Waals surface area contributed by atoms with Crippen LogP contribution in [0.2, 0.25) is 0 Å². The number of nitrogens with one attached hydrogen (secondary N) is 1. The third kappa shape index (κ3) is 5.28. The number of aliphatic hydroxyl groups is 1. The topological polar surface area (TPSA) is 88.1 Å². The fourth-order valence-corrected chi connectivity index (χ4v) is 6.04. The summed E-state index contributed by atoms with van der Waals surface area (Å²) in [6.45, 7) is 0.641. The summed E-state index contributed by atoms with van der Waals surface area (Å²) in [4.78, 5) is 26.9. The van der Waals surface area contributed by atoms with Crippen molar-refractivity contribution in [2.24, 2.45) is 0 Å². The summed E-state index contributed by atoms with van der Waals surface area (Å²) in [7, 11) is 0. The van der Waals surface area contributed by atoms with E-state index in [1.54, 1.807) is 0 Å². The van der Waals surface area contributed by atoms with Crippen LogP contribution in [0.3, 0.4) is 0 Å². The van der Waals surface area contributed by atoms with E-state index in [1.165, 1.54) is 16.0 Å². The first kappa shape index (κ1) is 26.6. The van der Waals surface area contributed by atoms with Gasteiger partial charge >= 0.3 is 12.2 Å². The molecule has 0 unspecified atom stereocenters. The minimum atomic E-state index is -0.552. The lowest BCUT2D eigenvalue weighted by molar-refractivity contribution is 0.0911. The lowest BCUT2D eigenvalue weighted by atomic mass is 9.98. The molecule has 2 aliphatic carbocycles. The Bertz CT molecular complexity index is 1480. The highest BCUT2D eigenvalue weighted by atomic mass is 16.6. The maximum absolute atomic E-state index is 13.0. The van der Waals surface area contributed by atoms with Crippen molar-refractivity contribution in [3.63, 3.8) is 0 Å². The van der Waals surface area contributed by atoms with Gasteiger partial charge < -0.3 is 24.8 Å². The predicted molar refractivity (Wildman–Crippen MR) is 157 cm³/mol. The Balaban J connectivity index is 1.01. The summed E-state index contributed by atoms with van der Waals surface area (Å²) in [6, 6.07) is 32.7. The van der Waals surface area contributed by atoms with Crippen molar-refractivity contribution in [1.82, 2.24) is 10.2 Å². The molecule has 0 fully saturated rings. The number of rotatable bonds is 9. The van der Waals surface area contributed by atoms with Crippen LogP contribution in [0.5, 0.6) is 0 Å². The lowest BCUT2D eigenvalue weighted by Gasteiger charge is -2.23. The zero-order valence-electron chi connectivity index (χ0n) is 22.7. The first-order valence-electron chi connectivity index (χ1n) is 14.0. The molecule has 7 nitrogen and oxygen atoms in total. The Morgan fingerprint density at radius 1 is 0.634 bits per heavy atom. The van der Waals surface area contributed by atoms with E-state index in [0.29, 0.717) is 0 Å². The monoisotopic (exact) mass is 548 g/mol. The molecule has 0 spiro atoms. The second kappa shape index (κ2) is 11.9. The predicted octanol–water partition coefficient (Wildman–Crippen LogP) is 5.77. The molecule has 2 amide bonds. The first-order valence-corrected chi connectivity index (χ1v) is 14.0. The molecule has 7 heteroatoms. The average Bonchev–Trinajstić information content (AvgIpc) is 3.51. The molecule has 4 aromatic rings. The summed E-state index contributed by atoms with van der Waals surface area (Å²) in [5, 5.41) is 12.3. The molecule has 0 saturated heterocycles. The molecule has 208 valence electrons. The fraction of sp³-hybridized carbons (Fsp3) is 0.235. The minimum Gasteiger partial charge on any atom is -0.449 e. The Kier molecular flexibility index (Phi) is 7.69. The van der Waals surface area contributed by atoms with Crippen LogP contribution < -0.4 is 5.32 Å². The molecule has 0 aliphatic heterocycles. The average molecular weight is 549 g/mol. The first-order chi connectivity index (χ1) is 20.2. The van der Waals surface area contributed by atoms with Gasteiger partial charge in [0.15, 0.2) is 0 Å². The van der Waals surface area contributed by atoms with Crippen LogP contribution in [0, 0.1) is 0 Å². The smallest absolute Gasteiger partial charge is 0.409 e. The molecule has 6 rings (SSSR count). The second-order valence-corrected chi connectivity index (χ2v) is 10.3. The zero-order chi connectivity index (χ0) is 28.2. The number of carbonyl (C=O) groups excluding carboxylic acids is 2. The second-order valence-electron chi connectivity index (χ2n) is 10.3. The fourth-order valence-electron chi connectivity index (χ4n) is 6.04. The van der Waals surface area contributed by atoms with Crippen molar-refractivity contribution in [3.05, 3.63) is 119 Å². The summed E-state index contributed by atoms with van der Waals surface area (Å²) in [6.07, 6.45) is -1.08. The van der Waals surface area contributed by atoms with Crippen molar-refractivity contribution in [2.75, 3.05) is 39.5 Å². The molecule has 4 aromatic carbocycles. The van der Waals surface area contributed by atoms with Gasteiger partial charge in [-0.1, -0.05) is 97.1 Å². The van der Waals surface area contributed by atoms with Crippen LogP contribution in [0.1, 0.15) is 34.1 Å². The van der Waals surface area contributed by atoms with Gasteiger partial charge in [-0.25, -0.2) is 9.59 Å². The Morgan fingerprint density at radius 3 is 1.49 bits per heavy atom. The normalized spacial score (nSPS) is 13.1. The van der Waals surface area contributed by atoms with Crippen molar-refractivity contribution < 1.29 is 24.2 Å². The molecule has 2 N–H and O–H groups in total. The number of aliphatic hydroxyl groups excluding tert-OH is 1. The zero-order valence-corrected chi connectivity index (χ0v) is 22.7. The van der Waals surface area contributed by atoms with E-state index in [1.807, 2.05) is 48.5 Å². The lowest BCUT2D eigenvalue weighted by Crippen LogP contribution is -2.41. The largest absolute Gasteiger partial charge is 0.449 e. The number of carbonyl (C=O) groups is 2. The number of hydrogen-bond donors (Lipinski definition) is 2. The van der Waals surface area contributed by atoms with Gasteiger partial charge in [-0.05, 0) is 44.5 Å².